The lowest BCUT2D eigenvalue weighted by molar-refractivity contribution is -0.133. The van der Waals surface area contributed by atoms with E-state index in [2.05, 4.69) is 15.6 Å². The highest BCUT2D eigenvalue weighted by Gasteiger charge is 2.50. The zero-order valence-corrected chi connectivity index (χ0v) is 23.3. The van der Waals surface area contributed by atoms with Gasteiger partial charge in [0.05, 0.1) is 11.1 Å². The third kappa shape index (κ3) is 5.24. The van der Waals surface area contributed by atoms with E-state index >= 15 is 0 Å². The number of carbonyl (C=O) groups is 4. The number of nitrogens with one attached hydrogen (secondary N) is 3. The molecule has 0 spiro atoms. The molecule has 2 saturated heterocycles. The number of rotatable bonds is 8. The zero-order valence-electron chi connectivity index (χ0n) is 22.6. The van der Waals surface area contributed by atoms with E-state index in [1.807, 2.05) is 42.5 Å². The molecule has 41 heavy (non-hydrogen) atoms. The number of benzene rings is 2. The fraction of sp³-hybridized carbons (Fsp3) is 0.419. The largest absolute Gasteiger partial charge is 0.389 e. The van der Waals surface area contributed by atoms with Crippen molar-refractivity contribution < 1.29 is 24.3 Å². The number of amides is 3. The lowest BCUT2D eigenvalue weighted by atomic mass is 9.92. The van der Waals surface area contributed by atoms with Gasteiger partial charge in [0.1, 0.15) is 18.3 Å². The Kier molecular flexibility index (Phi) is 7.57. The molecule has 1 aliphatic carbocycles. The number of hydrogen-bond donors (Lipinski definition) is 4. The van der Waals surface area contributed by atoms with Gasteiger partial charge in [0.2, 0.25) is 11.8 Å². The fourth-order valence-electron chi connectivity index (χ4n) is 6.90. The van der Waals surface area contributed by atoms with Crippen molar-refractivity contribution in [1.29, 1.82) is 0 Å². The van der Waals surface area contributed by atoms with E-state index in [1.165, 1.54) is 0 Å². The highest BCUT2D eigenvalue weighted by molar-refractivity contribution is 6.36. The van der Waals surface area contributed by atoms with Crippen LogP contribution in [0.1, 0.15) is 42.6 Å². The molecule has 6 rings (SSSR count). The van der Waals surface area contributed by atoms with Gasteiger partial charge in [-0.2, -0.15) is 0 Å². The van der Waals surface area contributed by atoms with Gasteiger partial charge in [-0.15, -0.1) is 0 Å². The maximum Gasteiger partial charge on any atom is 0.271 e. The van der Waals surface area contributed by atoms with Gasteiger partial charge in [-0.25, -0.2) is 0 Å². The number of H-pyrrole nitrogens is 1. The number of likely N-dealkylation sites (tertiary alicyclic amines) is 1. The van der Waals surface area contributed by atoms with E-state index in [-0.39, 0.29) is 30.1 Å². The second kappa shape index (κ2) is 11.3. The van der Waals surface area contributed by atoms with Gasteiger partial charge in [0.15, 0.2) is 5.78 Å². The minimum atomic E-state index is -0.998. The highest BCUT2D eigenvalue weighted by atomic mass is 35.5. The molecule has 4 N–H and O–H groups in total. The summed E-state index contributed by atoms with van der Waals surface area (Å²) in [6.07, 6.45) is 3.41. The van der Waals surface area contributed by atoms with Crippen LogP contribution in [0.3, 0.4) is 0 Å². The summed E-state index contributed by atoms with van der Waals surface area (Å²) in [6, 6.07) is 13.7. The van der Waals surface area contributed by atoms with Crippen LogP contribution < -0.4 is 10.6 Å². The molecule has 1 saturated carbocycles. The first-order valence-electron chi connectivity index (χ1n) is 14.2. The number of aromatic nitrogens is 1. The van der Waals surface area contributed by atoms with Crippen molar-refractivity contribution >= 4 is 46.0 Å². The predicted molar refractivity (Wildman–Crippen MR) is 154 cm³/mol. The van der Waals surface area contributed by atoms with E-state index in [9.17, 15) is 24.3 Å². The molecular weight excluding hydrogens is 544 g/mol. The van der Waals surface area contributed by atoms with Crippen LogP contribution >= 0.6 is 11.6 Å². The van der Waals surface area contributed by atoms with E-state index < -0.39 is 36.3 Å². The SMILES string of the molecule is O=C(CO)C(C[C@@H]1CCNC1=O)NC(=O)[C@@H]1[C@H]2CCC[C@H]2CN1C(=O)c1cc2c(Cl)cc(-c3ccccc3)cc2[nH]1. The first kappa shape index (κ1) is 27.5. The number of aliphatic hydroxyl groups is 1. The van der Waals surface area contributed by atoms with Crippen LogP contribution in [0.15, 0.2) is 48.5 Å². The Morgan fingerprint density at radius 3 is 2.61 bits per heavy atom. The van der Waals surface area contributed by atoms with Crippen molar-refractivity contribution in [2.24, 2.45) is 17.8 Å². The summed E-state index contributed by atoms with van der Waals surface area (Å²) in [5, 5.41) is 16.4. The molecule has 9 nitrogen and oxygen atoms in total. The Hall–Kier alpha value is -3.69. The Labute approximate surface area is 242 Å². The zero-order chi connectivity index (χ0) is 28.7. The molecule has 3 fully saturated rings. The van der Waals surface area contributed by atoms with Crippen molar-refractivity contribution in [3.63, 3.8) is 0 Å². The minimum Gasteiger partial charge on any atom is -0.389 e. The summed E-state index contributed by atoms with van der Waals surface area (Å²) >= 11 is 6.64. The molecular formula is C31H33ClN4O5. The third-order valence-electron chi connectivity index (χ3n) is 8.99. The van der Waals surface area contributed by atoms with Crippen LogP contribution in [-0.2, 0) is 14.4 Å². The number of ketones is 1. The Morgan fingerprint density at radius 1 is 1.07 bits per heavy atom. The number of halogens is 1. The maximum atomic E-state index is 13.9. The topological polar surface area (TPSA) is 132 Å². The van der Waals surface area contributed by atoms with E-state index in [4.69, 9.17) is 11.6 Å². The van der Waals surface area contributed by atoms with Crippen molar-refractivity contribution in [3.05, 3.63) is 59.2 Å². The summed E-state index contributed by atoms with van der Waals surface area (Å²) < 4.78 is 0. The van der Waals surface area contributed by atoms with Gasteiger partial charge in [-0.05, 0) is 66.8 Å². The van der Waals surface area contributed by atoms with Gasteiger partial charge in [-0.3, -0.25) is 19.2 Å². The van der Waals surface area contributed by atoms with Crippen LogP contribution in [-0.4, -0.2) is 70.3 Å². The van der Waals surface area contributed by atoms with Gasteiger partial charge >= 0.3 is 0 Å². The maximum absolute atomic E-state index is 13.9. The minimum absolute atomic E-state index is 0.0174. The van der Waals surface area contributed by atoms with Crippen molar-refractivity contribution in [2.75, 3.05) is 19.7 Å². The van der Waals surface area contributed by atoms with E-state index in [1.54, 1.807) is 11.0 Å². The third-order valence-corrected chi connectivity index (χ3v) is 9.30. The summed E-state index contributed by atoms with van der Waals surface area (Å²) in [7, 11) is 0. The second-order valence-corrected chi connectivity index (χ2v) is 11.8. The van der Waals surface area contributed by atoms with Crippen molar-refractivity contribution in [3.8, 4) is 11.1 Å². The summed E-state index contributed by atoms with van der Waals surface area (Å²) in [6.45, 7) is 0.233. The molecule has 3 aromatic rings. The second-order valence-electron chi connectivity index (χ2n) is 11.4. The molecule has 3 heterocycles. The van der Waals surface area contributed by atoms with Gasteiger partial charge in [0.25, 0.3) is 5.91 Å². The van der Waals surface area contributed by atoms with E-state index in [0.717, 1.165) is 41.3 Å². The standard InChI is InChI=1S/C31H33ClN4O5/c32-23-11-20(17-5-2-1-3-6-17)13-24-22(23)14-26(34-24)31(41)36-15-19-7-4-8-21(19)28(36)30(40)35-25(27(38)16-37)12-18-9-10-33-29(18)39/h1-3,5-6,11,13-14,18-19,21,25,28,34,37H,4,7-10,12,15-16H2,(H,33,39)(H,35,40)/t18-,19-,21-,25?,28-/m0/s1. The quantitative estimate of drug-likeness (QED) is 0.327. The Morgan fingerprint density at radius 2 is 1.88 bits per heavy atom. The summed E-state index contributed by atoms with van der Waals surface area (Å²) in [5.74, 6) is -1.65. The average molecular weight is 577 g/mol. The monoisotopic (exact) mass is 576 g/mol. The fourth-order valence-corrected chi connectivity index (χ4v) is 7.18. The molecule has 1 unspecified atom stereocenters. The molecule has 2 aromatic carbocycles. The van der Waals surface area contributed by atoms with Crippen LogP contribution in [0.5, 0.6) is 0 Å². The normalized spacial score (nSPS) is 24.3. The molecule has 214 valence electrons. The van der Waals surface area contributed by atoms with Crippen LogP contribution in [0.25, 0.3) is 22.0 Å². The predicted octanol–water partition coefficient (Wildman–Crippen LogP) is 3.30. The molecule has 5 atom stereocenters. The van der Waals surface area contributed by atoms with Crippen LogP contribution in [0.2, 0.25) is 5.02 Å². The first-order valence-corrected chi connectivity index (χ1v) is 14.6. The Bertz CT molecular complexity index is 1500. The van der Waals surface area contributed by atoms with Crippen LogP contribution in [0.4, 0.5) is 0 Å². The van der Waals surface area contributed by atoms with Crippen molar-refractivity contribution in [2.45, 2.75) is 44.2 Å². The van der Waals surface area contributed by atoms with Crippen LogP contribution in [0, 0.1) is 17.8 Å². The molecule has 3 amide bonds. The van der Waals surface area contributed by atoms with Crippen molar-refractivity contribution in [1.82, 2.24) is 20.5 Å². The molecule has 10 heteroatoms. The first-order chi connectivity index (χ1) is 19.8. The number of aromatic amines is 1. The average Bonchev–Trinajstić information content (AvgIpc) is 3.76. The van der Waals surface area contributed by atoms with Gasteiger partial charge in [-0.1, -0.05) is 48.4 Å². The molecule has 0 radical (unpaired) electrons. The number of aliphatic hydroxyl groups excluding tert-OH is 1. The Balaban J connectivity index is 1.27. The smallest absolute Gasteiger partial charge is 0.271 e. The number of hydrogen-bond acceptors (Lipinski definition) is 5. The molecule has 0 bridgehead atoms. The molecule has 2 aliphatic heterocycles. The lowest BCUT2D eigenvalue weighted by Gasteiger charge is -2.29. The van der Waals surface area contributed by atoms with Gasteiger partial charge < -0.3 is 25.6 Å². The van der Waals surface area contributed by atoms with E-state index in [0.29, 0.717) is 30.2 Å². The number of carbonyl (C=O) groups excluding carboxylic acids is 4. The number of nitrogens with zero attached hydrogens (tertiary/aromatic N) is 1. The summed E-state index contributed by atoms with van der Waals surface area (Å²) in [5.41, 5.74) is 3.00. The highest BCUT2D eigenvalue weighted by Crippen LogP contribution is 2.43. The number of fused-ring (bicyclic) bond motifs is 2. The summed E-state index contributed by atoms with van der Waals surface area (Å²) in [4.78, 5) is 57.3. The molecule has 1 aromatic heterocycles. The molecule has 3 aliphatic rings. The number of Topliss-reactive ketones (excluding diaryl/α,β-unsaturated/α-hetero) is 1. The lowest BCUT2D eigenvalue weighted by Crippen LogP contribution is -2.53. The van der Waals surface area contributed by atoms with Gasteiger partial charge in [0, 0.05) is 29.9 Å².